The lowest BCUT2D eigenvalue weighted by molar-refractivity contribution is -0.145. The first-order valence-electron chi connectivity index (χ1n) is 6.33. The van der Waals surface area contributed by atoms with Gasteiger partial charge in [-0.05, 0) is 30.5 Å². The van der Waals surface area contributed by atoms with Crippen LogP contribution in [-0.2, 0) is 10.2 Å². The normalized spacial score (nSPS) is 18.5. The summed E-state index contributed by atoms with van der Waals surface area (Å²) in [6, 6.07) is 6.61. The van der Waals surface area contributed by atoms with Crippen LogP contribution in [-0.4, -0.2) is 16.8 Å². The first-order valence-corrected chi connectivity index (χ1v) is 7.21. The van der Waals surface area contributed by atoms with Gasteiger partial charge < -0.3 is 5.11 Å². The van der Waals surface area contributed by atoms with Gasteiger partial charge in [0.25, 0.3) is 5.76 Å². The third-order valence-electron chi connectivity index (χ3n) is 3.73. The maximum Gasteiger partial charge on any atom is 0.314 e. The molecular weight excluding hydrogens is 270 g/mol. The molecule has 1 aliphatic carbocycles. The molecule has 0 bridgehead atoms. The molecule has 0 atom stereocenters. The van der Waals surface area contributed by atoms with Crippen molar-refractivity contribution in [2.24, 2.45) is 0 Å². The molecule has 0 saturated heterocycles. The zero-order valence-corrected chi connectivity index (χ0v) is 11.3. The molecule has 1 aromatic carbocycles. The van der Waals surface area contributed by atoms with Gasteiger partial charge in [-0.1, -0.05) is 43.2 Å². The molecule has 1 aliphatic rings. The maximum atomic E-state index is 12.4. The number of rotatable bonds is 4. The average molecular weight is 286 g/mol. The highest BCUT2D eigenvalue weighted by molar-refractivity contribution is 7.99. The van der Waals surface area contributed by atoms with Crippen molar-refractivity contribution in [2.75, 3.05) is 0 Å². The standard InChI is InChI=1S/C14H16F2O2S/c15-13(16)19-11-6-4-5-10(9-11)14(12(17)18)7-2-1-3-8-14/h4-6,9,13H,1-3,7-8H2,(H,17,18). The summed E-state index contributed by atoms with van der Waals surface area (Å²) in [7, 11) is 0. The fraction of sp³-hybridized carbons (Fsp3) is 0.500. The largest absolute Gasteiger partial charge is 0.481 e. The number of carboxylic acid groups (broad SMARTS) is 1. The highest BCUT2D eigenvalue weighted by Crippen LogP contribution is 2.41. The molecule has 0 radical (unpaired) electrons. The van der Waals surface area contributed by atoms with E-state index in [1.165, 1.54) is 0 Å². The first-order chi connectivity index (χ1) is 9.04. The lowest BCUT2D eigenvalue weighted by atomic mass is 9.69. The van der Waals surface area contributed by atoms with E-state index >= 15 is 0 Å². The Kier molecular flexibility index (Phi) is 4.45. The maximum absolute atomic E-state index is 12.4. The molecule has 5 heteroatoms. The van der Waals surface area contributed by atoms with Crippen molar-refractivity contribution in [2.45, 2.75) is 48.2 Å². The lowest BCUT2D eigenvalue weighted by Gasteiger charge is -2.33. The van der Waals surface area contributed by atoms with Crippen LogP contribution in [0.1, 0.15) is 37.7 Å². The molecule has 0 spiro atoms. The van der Waals surface area contributed by atoms with Crippen LogP contribution in [0.5, 0.6) is 0 Å². The summed E-state index contributed by atoms with van der Waals surface area (Å²) in [5.41, 5.74) is -0.234. The number of carbonyl (C=O) groups is 1. The fourth-order valence-electron chi connectivity index (χ4n) is 2.75. The lowest BCUT2D eigenvalue weighted by Crippen LogP contribution is -2.37. The van der Waals surface area contributed by atoms with E-state index in [2.05, 4.69) is 0 Å². The van der Waals surface area contributed by atoms with Gasteiger partial charge >= 0.3 is 5.97 Å². The number of hydrogen-bond acceptors (Lipinski definition) is 2. The smallest absolute Gasteiger partial charge is 0.314 e. The molecule has 0 unspecified atom stereocenters. The molecule has 0 aromatic heterocycles. The summed E-state index contributed by atoms with van der Waals surface area (Å²) in [5.74, 6) is -3.33. The second-order valence-electron chi connectivity index (χ2n) is 4.85. The summed E-state index contributed by atoms with van der Waals surface area (Å²) >= 11 is 0.461. The Balaban J connectivity index is 2.34. The fourth-order valence-corrected chi connectivity index (χ4v) is 3.31. The Morgan fingerprint density at radius 3 is 2.53 bits per heavy atom. The van der Waals surface area contributed by atoms with Gasteiger partial charge in [0.1, 0.15) is 0 Å². The minimum atomic E-state index is -2.48. The van der Waals surface area contributed by atoms with E-state index in [9.17, 15) is 18.7 Å². The highest BCUT2D eigenvalue weighted by atomic mass is 32.2. The molecule has 0 aliphatic heterocycles. The summed E-state index contributed by atoms with van der Waals surface area (Å²) in [6.45, 7) is 0. The Morgan fingerprint density at radius 1 is 1.26 bits per heavy atom. The summed E-state index contributed by atoms with van der Waals surface area (Å²) in [4.78, 5) is 12.1. The van der Waals surface area contributed by atoms with E-state index in [1.54, 1.807) is 24.3 Å². The molecule has 1 fully saturated rings. The van der Waals surface area contributed by atoms with Gasteiger partial charge in [0, 0.05) is 4.90 Å². The van der Waals surface area contributed by atoms with Crippen molar-refractivity contribution in [1.82, 2.24) is 0 Å². The van der Waals surface area contributed by atoms with Gasteiger partial charge in [0.2, 0.25) is 0 Å². The second-order valence-corrected chi connectivity index (χ2v) is 5.92. The molecular formula is C14H16F2O2S. The Labute approximate surface area is 115 Å². The van der Waals surface area contributed by atoms with Crippen LogP contribution in [0.25, 0.3) is 0 Å². The van der Waals surface area contributed by atoms with E-state index < -0.39 is 17.1 Å². The Bertz CT molecular complexity index is 457. The van der Waals surface area contributed by atoms with Crippen molar-refractivity contribution in [3.8, 4) is 0 Å². The molecule has 1 aromatic rings. The van der Waals surface area contributed by atoms with Crippen LogP contribution in [0, 0.1) is 0 Å². The van der Waals surface area contributed by atoms with Crippen molar-refractivity contribution < 1.29 is 18.7 Å². The zero-order chi connectivity index (χ0) is 13.9. The molecule has 2 rings (SSSR count). The van der Waals surface area contributed by atoms with Crippen molar-refractivity contribution >= 4 is 17.7 Å². The minimum Gasteiger partial charge on any atom is -0.481 e. The number of aliphatic carboxylic acids is 1. The van der Waals surface area contributed by atoms with Gasteiger partial charge in [-0.25, -0.2) is 0 Å². The van der Waals surface area contributed by atoms with E-state index in [1.807, 2.05) is 0 Å². The van der Waals surface area contributed by atoms with Crippen molar-refractivity contribution in [3.63, 3.8) is 0 Å². The SMILES string of the molecule is O=C(O)C1(c2cccc(SC(F)F)c2)CCCCC1. The van der Waals surface area contributed by atoms with E-state index in [4.69, 9.17) is 0 Å². The van der Waals surface area contributed by atoms with Crippen molar-refractivity contribution in [3.05, 3.63) is 29.8 Å². The number of hydrogen-bond donors (Lipinski definition) is 1. The quantitative estimate of drug-likeness (QED) is 0.839. The van der Waals surface area contributed by atoms with Gasteiger partial charge in [-0.15, -0.1) is 0 Å². The number of halogens is 2. The summed E-state index contributed by atoms with van der Waals surface area (Å²) < 4.78 is 24.8. The van der Waals surface area contributed by atoms with Crippen LogP contribution in [0.4, 0.5) is 8.78 Å². The molecule has 2 nitrogen and oxygen atoms in total. The van der Waals surface area contributed by atoms with Crippen LogP contribution in [0.2, 0.25) is 0 Å². The Hall–Kier alpha value is -1.10. The van der Waals surface area contributed by atoms with E-state index in [-0.39, 0.29) is 0 Å². The van der Waals surface area contributed by atoms with Gasteiger partial charge in [0.05, 0.1) is 5.41 Å². The summed E-state index contributed by atoms with van der Waals surface area (Å²) in [5, 5.41) is 9.56. The van der Waals surface area contributed by atoms with Crippen LogP contribution < -0.4 is 0 Å². The molecule has 0 heterocycles. The monoisotopic (exact) mass is 286 g/mol. The van der Waals surface area contributed by atoms with E-state index in [0.29, 0.717) is 35.1 Å². The van der Waals surface area contributed by atoms with Crippen molar-refractivity contribution in [1.29, 1.82) is 0 Å². The topological polar surface area (TPSA) is 37.3 Å². The predicted octanol–water partition coefficient (Wildman–Crippen LogP) is 4.29. The predicted molar refractivity (Wildman–Crippen MR) is 70.7 cm³/mol. The first kappa shape index (κ1) is 14.3. The third-order valence-corrected chi connectivity index (χ3v) is 4.43. The molecule has 19 heavy (non-hydrogen) atoms. The molecule has 1 N–H and O–H groups in total. The highest BCUT2D eigenvalue weighted by Gasteiger charge is 2.41. The minimum absolute atomic E-state index is 0.429. The van der Waals surface area contributed by atoms with Gasteiger partial charge in [0.15, 0.2) is 0 Å². The summed E-state index contributed by atoms with van der Waals surface area (Å²) in [6.07, 6.45) is 3.97. The van der Waals surface area contributed by atoms with Gasteiger partial charge in [-0.2, -0.15) is 8.78 Å². The third kappa shape index (κ3) is 3.08. The average Bonchev–Trinajstić information content (AvgIpc) is 2.39. The number of carboxylic acids is 1. The molecule has 1 saturated carbocycles. The second kappa shape index (κ2) is 5.90. The van der Waals surface area contributed by atoms with Gasteiger partial charge in [-0.3, -0.25) is 4.79 Å². The van der Waals surface area contributed by atoms with Crippen LogP contribution >= 0.6 is 11.8 Å². The van der Waals surface area contributed by atoms with E-state index in [0.717, 1.165) is 19.3 Å². The molecule has 0 amide bonds. The zero-order valence-electron chi connectivity index (χ0n) is 10.4. The van der Waals surface area contributed by atoms with Crippen LogP contribution in [0.15, 0.2) is 29.2 Å². The number of alkyl halides is 2. The molecule has 104 valence electrons. The number of thioether (sulfide) groups is 1. The van der Waals surface area contributed by atoms with Crippen LogP contribution in [0.3, 0.4) is 0 Å². The Morgan fingerprint density at radius 2 is 1.95 bits per heavy atom. The number of benzene rings is 1.